The van der Waals surface area contributed by atoms with Crippen molar-refractivity contribution in [1.29, 1.82) is 0 Å². The van der Waals surface area contributed by atoms with E-state index in [1.807, 2.05) is 12.1 Å². The third-order valence-electron chi connectivity index (χ3n) is 4.82. The van der Waals surface area contributed by atoms with Crippen LogP contribution < -0.4 is 15.0 Å². The van der Waals surface area contributed by atoms with Gasteiger partial charge in [0.15, 0.2) is 5.13 Å². The fourth-order valence-corrected chi connectivity index (χ4v) is 4.19. The zero-order valence-electron chi connectivity index (χ0n) is 15.3. The van der Waals surface area contributed by atoms with Gasteiger partial charge in [0.05, 0.1) is 23.0 Å². The lowest BCUT2D eigenvalue weighted by Gasteiger charge is -2.29. The zero-order valence-corrected chi connectivity index (χ0v) is 16.1. The highest BCUT2D eigenvalue weighted by molar-refractivity contribution is 7.22. The van der Waals surface area contributed by atoms with E-state index in [1.54, 1.807) is 24.5 Å². The highest BCUT2D eigenvalue weighted by Crippen LogP contribution is 2.37. The monoisotopic (exact) mass is 383 g/mol. The molecule has 1 saturated heterocycles. The maximum atomic E-state index is 12.4. The molecule has 8 heteroatoms. The lowest BCUT2D eigenvalue weighted by atomic mass is 10.00. The van der Waals surface area contributed by atoms with Crippen molar-refractivity contribution in [3.63, 3.8) is 0 Å². The van der Waals surface area contributed by atoms with Crippen LogP contribution in [0.15, 0.2) is 30.7 Å². The van der Waals surface area contributed by atoms with Gasteiger partial charge in [0.1, 0.15) is 17.8 Å². The summed E-state index contributed by atoms with van der Waals surface area (Å²) >= 11 is 1.64. The lowest BCUT2D eigenvalue weighted by Crippen LogP contribution is -2.32. The van der Waals surface area contributed by atoms with E-state index < -0.39 is 0 Å². The largest absolute Gasteiger partial charge is 0.494 e. The van der Waals surface area contributed by atoms with Crippen LogP contribution in [0.25, 0.3) is 10.2 Å². The number of fused-ring (bicyclic) bond motifs is 1. The molecule has 27 heavy (non-hydrogen) atoms. The Morgan fingerprint density at radius 2 is 2.15 bits per heavy atom. The van der Waals surface area contributed by atoms with E-state index in [1.165, 1.54) is 25.4 Å². The van der Waals surface area contributed by atoms with Gasteiger partial charge in [-0.2, -0.15) is 0 Å². The average Bonchev–Trinajstić information content (AvgIpc) is 3.11. The average molecular weight is 383 g/mol. The fraction of sp³-hybridized carbons (Fsp3) is 0.368. The second-order valence-corrected chi connectivity index (χ2v) is 7.74. The molecule has 0 aliphatic carbocycles. The van der Waals surface area contributed by atoms with Gasteiger partial charge in [0.2, 0.25) is 0 Å². The molecule has 1 aliphatic rings. The van der Waals surface area contributed by atoms with Gasteiger partial charge < -0.3 is 15.0 Å². The van der Waals surface area contributed by atoms with E-state index in [0.717, 1.165) is 34.4 Å². The van der Waals surface area contributed by atoms with E-state index >= 15 is 0 Å². The van der Waals surface area contributed by atoms with Crippen LogP contribution in [0, 0.1) is 5.92 Å². The summed E-state index contributed by atoms with van der Waals surface area (Å²) in [6.45, 7) is 4.37. The van der Waals surface area contributed by atoms with Crippen molar-refractivity contribution in [1.82, 2.24) is 15.0 Å². The number of carbonyl (C=O) groups is 1. The summed E-state index contributed by atoms with van der Waals surface area (Å²) in [5.74, 6) is 1.05. The van der Waals surface area contributed by atoms with Crippen molar-refractivity contribution in [3.8, 4) is 5.75 Å². The Balaban J connectivity index is 1.62. The molecule has 0 atom stereocenters. The van der Waals surface area contributed by atoms with Gasteiger partial charge in [-0.15, -0.1) is 0 Å². The first-order chi connectivity index (χ1) is 13.1. The Kier molecular flexibility index (Phi) is 4.89. The first-order valence-corrected chi connectivity index (χ1v) is 9.76. The first kappa shape index (κ1) is 17.7. The SMILES string of the molecule is COc1cc2nc(N3CCC(C)CC3)sc2cc1NC(=O)c1ccncn1. The molecule has 4 rings (SSSR count). The topological polar surface area (TPSA) is 80.2 Å². The lowest BCUT2D eigenvalue weighted by molar-refractivity contribution is 0.102. The van der Waals surface area contributed by atoms with Crippen molar-refractivity contribution in [2.75, 3.05) is 30.4 Å². The fourth-order valence-electron chi connectivity index (χ4n) is 3.16. The molecule has 3 heterocycles. The number of hydrogen-bond donors (Lipinski definition) is 1. The van der Waals surface area contributed by atoms with Crippen LogP contribution in [0.1, 0.15) is 30.3 Å². The van der Waals surface area contributed by atoms with Crippen molar-refractivity contribution in [2.24, 2.45) is 5.92 Å². The second-order valence-electron chi connectivity index (χ2n) is 6.73. The predicted molar refractivity (Wildman–Crippen MR) is 107 cm³/mol. The number of thiazole rings is 1. The molecule has 1 aliphatic heterocycles. The van der Waals surface area contributed by atoms with Crippen LogP contribution in [-0.4, -0.2) is 41.1 Å². The summed E-state index contributed by atoms with van der Waals surface area (Å²) in [7, 11) is 1.58. The molecule has 0 radical (unpaired) electrons. The third kappa shape index (κ3) is 3.71. The number of benzene rings is 1. The number of amides is 1. The number of hydrogen-bond acceptors (Lipinski definition) is 7. The van der Waals surface area contributed by atoms with Crippen molar-refractivity contribution in [2.45, 2.75) is 19.8 Å². The minimum atomic E-state index is -0.301. The molecular weight excluding hydrogens is 362 g/mol. The summed E-state index contributed by atoms with van der Waals surface area (Å²) < 4.78 is 6.48. The Bertz CT molecular complexity index is 951. The standard InChI is InChI=1S/C19H21N5O2S/c1-12-4-7-24(8-5-12)19-23-15-9-16(26-2)14(10-17(15)27-19)22-18(25)13-3-6-20-11-21-13/h3,6,9-12H,4-5,7-8H2,1-2H3,(H,22,25). The number of rotatable bonds is 4. The maximum Gasteiger partial charge on any atom is 0.274 e. The number of anilines is 2. The molecule has 140 valence electrons. The van der Waals surface area contributed by atoms with Gasteiger partial charge >= 0.3 is 0 Å². The molecule has 0 bridgehead atoms. The number of nitrogens with one attached hydrogen (secondary N) is 1. The smallest absolute Gasteiger partial charge is 0.274 e. The number of nitrogens with zero attached hydrogens (tertiary/aromatic N) is 4. The second kappa shape index (κ2) is 7.48. The van der Waals surface area contributed by atoms with Crippen molar-refractivity contribution < 1.29 is 9.53 Å². The predicted octanol–water partition coefficient (Wildman–Crippen LogP) is 3.58. The van der Waals surface area contributed by atoms with Gasteiger partial charge in [0.25, 0.3) is 5.91 Å². The molecule has 0 spiro atoms. The van der Waals surface area contributed by atoms with Crippen LogP contribution in [0.4, 0.5) is 10.8 Å². The number of piperidine rings is 1. The molecule has 1 N–H and O–H groups in total. The first-order valence-electron chi connectivity index (χ1n) is 8.95. The molecule has 1 aromatic carbocycles. The molecule has 3 aromatic rings. The van der Waals surface area contributed by atoms with Crippen LogP contribution in [0.3, 0.4) is 0 Å². The van der Waals surface area contributed by atoms with Crippen LogP contribution in [-0.2, 0) is 0 Å². The van der Waals surface area contributed by atoms with E-state index in [4.69, 9.17) is 9.72 Å². The summed E-state index contributed by atoms with van der Waals surface area (Å²) in [4.78, 5) is 27.4. The summed E-state index contributed by atoms with van der Waals surface area (Å²) in [6.07, 6.45) is 5.28. The minimum Gasteiger partial charge on any atom is -0.494 e. The molecule has 1 amide bonds. The van der Waals surface area contributed by atoms with Gasteiger partial charge in [-0.25, -0.2) is 15.0 Å². The molecule has 0 unspecified atom stereocenters. The van der Waals surface area contributed by atoms with Crippen molar-refractivity contribution >= 4 is 38.3 Å². The highest BCUT2D eigenvalue weighted by Gasteiger charge is 2.20. The van der Waals surface area contributed by atoms with E-state index in [2.05, 4.69) is 27.1 Å². The van der Waals surface area contributed by atoms with Crippen molar-refractivity contribution in [3.05, 3.63) is 36.4 Å². The van der Waals surface area contributed by atoms with Gasteiger partial charge in [-0.05, 0) is 30.9 Å². The number of carbonyl (C=O) groups excluding carboxylic acids is 1. The molecule has 1 fully saturated rings. The van der Waals surface area contributed by atoms with Crippen LogP contribution >= 0.6 is 11.3 Å². The number of aromatic nitrogens is 3. The van der Waals surface area contributed by atoms with Gasteiger partial charge in [0, 0.05) is 25.4 Å². The minimum absolute atomic E-state index is 0.301. The van der Waals surface area contributed by atoms with E-state index in [-0.39, 0.29) is 5.91 Å². The third-order valence-corrected chi connectivity index (χ3v) is 5.89. The molecule has 7 nitrogen and oxygen atoms in total. The van der Waals surface area contributed by atoms with Crippen LogP contribution in [0.2, 0.25) is 0 Å². The molecule has 0 saturated carbocycles. The zero-order chi connectivity index (χ0) is 18.8. The van der Waals surface area contributed by atoms with Gasteiger partial charge in [-0.1, -0.05) is 18.3 Å². The summed E-state index contributed by atoms with van der Waals surface area (Å²) in [6, 6.07) is 5.36. The Morgan fingerprint density at radius 3 is 2.85 bits per heavy atom. The Labute approximate surface area is 161 Å². The summed E-state index contributed by atoms with van der Waals surface area (Å²) in [5.41, 5.74) is 1.79. The van der Waals surface area contributed by atoms with Crippen LogP contribution in [0.5, 0.6) is 5.75 Å². The Morgan fingerprint density at radius 1 is 1.33 bits per heavy atom. The summed E-state index contributed by atoms with van der Waals surface area (Å²) in [5, 5.41) is 3.90. The molecular formula is C19H21N5O2S. The number of methoxy groups -OCH3 is 1. The highest BCUT2D eigenvalue weighted by atomic mass is 32.1. The van der Waals surface area contributed by atoms with E-state index in [9.17, 15) is 4.79 Å². The quantitative estimate of drug-likeness (QED) is 0.742. The Hall–Kier alpha value is -2.74. The number of ether oxygens (including phenoxy) is 1. The van der Waals surface area contributed by atoms with Gasteiger partial charge in [-0.3, -0.25) is 4.79 Å². The maximum absolute atomic E-state index is 12.4. The molecule has 2 aromatic heterocycles. The van der Waals surface area contributed by atoms with E-state index in [0.29, 0.717) is 17.1 Å². The normalized spacial score (nSPS) is 15.1.